The van der Waals surface area contributed by atoms with Gasteiger partial charge in [0.25, 0.3) is 11.5 Å². The number of nitrogens with zero attached hydrogens (tertiary/aromatic N) is 4. The summed E-state index contributed by atoms with van der Waals surface area (Å²) in [6.45, 7) is 2.29. The van der Waals surface area contributed by atoms with Crippen LogP contribution in [0.5, 0.6) is 0 Å². The molecular formula is C21H20N6O3. The van der Waals surface area contributed by atoms with E-state index in [4.69, 9.17) is 10.6 Å². The molecule has 3 heterocycles. The molecule has 1 fully saturated rings. The highest BCUT2D eigenvalue weighted by Gasteiger charge is 2.18. The molecule has 0 unspecified atom stereocenters. The van der Waals surface area contributed by atoms with E-state index in [9.17, 15) is 9.59 Å². The Hall–Kier alpha value is -3.85. The van der Waals surface area contributed by atoms with Crippen molar-refractivity contribution in [3.05, 3.63) is 70.1 Å². The summed E-state index contributed by atoms with van der Waals surface area (Å²) in [5.74, 6) is 5.46. The molecule has 2 aromatic heterocycles. The number of carbonyl (C=O) groups excluding carboxylic acids is 1. The number of aromatic amines is 1. The number of H-pyrrole nitrogens is 1. The van der Waals surface area contributed by atoms with Crippen molar-refractivity contribution in [1.82, 2.24) is 14.9 Å². The molecular weight excluding hydrogens is 384 g/mol. The summed E-state index contributed by atoms with van der Waals surface area (Å²) in [4.78, 5) is 37.8. The van der Waals surface area contributed by atoms with Gasteiger partial charge in [0.2, 0.25) is 0 Å². The minimum absolute atomic E-state index is 0.0330. The summed E-state index contributed by atoms with van der Waals surface area (Å²) in [6, 6.07) is 12.2. The molecule has 9 heteroatoms. The third-order valence-corrected chi connectivity index (χ3v) is 4.78. The van der Waals surface area contributed by atoms with Gasteiger partial charge in [0.15, 0.2) is 0 Å². The van der Waals surface area contributed by atoms with E-state index in [0.29, 0.717) is 48.8 Å². The van der Waals surface area contributed by atoms with Crippen LogP contribution in [0.2, 0.25) is 0 Å². The highest BCUT2D eigenvalue weighted by atomic mass is 16.5. The number of fused-ring (bicyclic) bond motifs is 1. The van der Waals surface area contributed by atoms with Crippen molar-refractivity contribution in [2.45, 2.75) is 0 Å². The number of aromatic nitrogens is 2. The lowest BCUT2D eigenvalue weighted by atomic mass is 10.1. The van der Waals surface area contributed by atoms with E-state index < -0.39 is 0 Å². The van der Waals surface area contributed by atoms with Gasteiger partial charge in [-0.1, -0.05) is 0 Å². The minimum Gasteiger partial charge on any atom is -0.378 e. The Morgan fingerprint density at radius 1 is 1.20 bits per heavy atom. The number of rotatable bonds is 4. The first kappa shape index (κ1) is 19.5. The molecule has 0 atom stereocenters. The summed E-state index contributed by atoms with van der Waals surface area (Å²) in [7, 11) is 0. The van der Waals surface area contributed by atoms with E-state index in [-0.39, 0.29) is 17.2 Å². The summed E-state index contributed by atoms with van der Waals surface area (Å²) in [5.41, 5.74) is 1.84. The molecule has 1 aromatic carbocycles. The molecule has 0 spiro atoms. The highest BCUT2D eigenvalue weighted by molar-refractivity contribution is 6.38. The molecule has 4 rings (SSSR count). The van der Waals surface area contributed by atoms with Crippen LogP contribution in [0.3, 0.4) is 0 Å². The van der Waals surface area contributed by atoms with Crippen molar-refractivity contribution in [2.75, 3.05) is 26.3 Å². The van der Waals surface area contributed by atoms with E-state index in [1.165, 1.54) is 6.21 Å². The molecule has 1 aliphatic heterocycles. The molecule has 0 aliphatic carbocycles. The van der Waals surface area contributed by atoms with Crippen LogP contribution < -0.4 is 11.4 Å². The Kier molecular flexibility index (Phi) is 5.62. The molecule has 1 aliphatic rings. The number of hydrogen-bond acceptors (Lipinski definition) is 7. The predicted octanol–water partition coefficient (Wildman–Crippen LogP) is 1.46. The lowest BCUT2D eigenvalue weighted by molar-refractivity contribution is 0.0303. The van der Waals surface area contributed by atoms with Crippen molar-refractivity contribution < 1.29 is 9.53 Å². The number of ether oxygens (including phenoxy) is 1. The van der Waals surface area contributed by atoms with Crippen molar-refractivity contribution in [3.8, 4) is 0 Å². The Balaban J connectivity index is 1.53. The quantitative estimate of drug-likeness (QED) is 0.387. The maximum atomic E-state index is 12.5. The molecule has 0 radical (unpaired) electrons. The van der Waals surface area contributed by atoms with Crippen molar-refractivity contribution in [2.24, 2.45) is 15.9 Å². The number of morpholine rings is 1. The third kappa shape index (κ3) is 4.11. The standard InChI is InChI=1S/C21H20N6O3/c22-26-18(17-12-15-2-1-7-23-19(15)25-20(17)28)13-24-16-5-3-14(4-6-16)21(29)27-8-10-30-11-9-27/h1-7,12-13H,8-11,22H2,(H,23,25,28). The van der Waals surface area contributed by atoms with E-state index >= 15 is 0 Å². The van der Waals surface area contributed by atoms with Crippen LogP contribution in [0.1, 0.15) is 15.9 Å². The van der Waals surface area contributed by atoms with E-state index in [2.05, 4.69) is 20.1 Å². The fraction of sp³-hybridized carbons (Fsp3) is 0.190. The maximum absolute atomic E-state index is 12.5. The molecule has 1 amide bonds. The Labute approximate surface area is 171 Å². The van der Waals surface area contributed by atoms with Gasteiger partial charge >= 0.3 is 0 Å². The van der Waals surface area contributed by atoms with Crippen molar-refractivity contribution in [1.29, 1.82) is 0 Å². The first-order valence-corrected chi connectivity index (χ1v) is 9.43. The fourth-order valence-corrected chi connectivity index (χ4v) is 3.17. The molecule has 0 saturated carbocycles. The van der Waals surface area contributed by atoms with Gasteiger partial charge in [0.1, 0.15) is 11.4 Å². The van der Waals surface area contributed by atoms with Crippen LogP contribution in [0.4, 0.5) is 5.69 Å². The van der Waals surface area contributed by atoms with E-state index in [0.717, 1.165) is 5.39 Å². The lowest BCUT2D eigenvalue weighted by Crippen LogP contribution is -2.40. The SMILES string of the molecule is NN=C(C=Nc1ccc(C(=O)N2CCOCC2)cc1)c1cc2cccnc2[nH]c1=O. The molecule has 3 aromatic rings. The van der Waals surface area contributed by atoms with Gasteiger partial charge in [-0.15, -0.1) is 0 Å². The van der Waals surface area contributed by atoms with Gasteiger partial charge in [0.05, 0.1) is 30.7 Å². The third-order valence-electron chi connectivity index (χ3n) is 4.78. The number of nitrogens with two attached hydrogens (primary N) is 1. The number of benzene rings is 1. The fourth-order valence-electron chi connectivity index (χ4n) is 3.17. The second-order valence-electron chi connectivity index (χ2n) is 6.68. The average Bonchev–Trinajstić information content (AvgIpc) is 2.80. The number of amides is 1. The van der Waals surface area contributed by atoms with Crippen LogP contribution >= 0.6 is 0 Å². The second-order valence-corrected chi connectivity index (χ2v) is 6.68. The van der Waals surface area contributed by atoms with E-state index in [1.54, 1.807) is 47.5 Å². The van der Waals surface area contributed by atoms with Gasteiger partial charge in [-0.2, -0.15) is 5.10 Å². The monoisotopic (exact) mass is 404 g/mol. The molecule has 30 heavy (non-hydrogen) atoms. The Bertz CT molecular complexity index is 1180. The van der Waals surface area contributed by atoms with Gasteiger partial charge < -0.3 is 20.5 Å². The van der Waals surface area contributed by atoms with Crippen LogP contribution in [0.25, 0.3) is 11.0 Å². The summed E-state index contributed by atoms with van der Waals surface area (Å²) >= 11 is 0. The lowest BCUT2D eigenvalue weighted by Gasteiger charge is -2.26. The first-order valence-electron chi connectivity index (χ1n) is 9.43. The van der Waals surface area contributed by atoms with Crippen LogP contribution in [-0.2, 0) is 4.74 Å². The topological polar surface area (TPSA) is 126 Å². The number of hydrazone groups is 1. The zero-order valence-corrected chi connectivity index (χ0v) is 16.1. The van der Waals surface area contributed by atoms with E-state index in [1.807, 2.05) is 6.07 Å². The molecule has 152 valence electrons. The number of carbonyl (C=O) groups is 1. The number of aliphatic imine (C=N–C) groups is 1. The van der Waals surface area contributed by atoms with Crippen LogP contribution in [-0.4, -0.2) is 59.0 Å². The molecule has 3 N–H and O–H groups in total. The smallest absolute Gasteiger partial charge is 0.259 e. The summed E-state index contributed by atoms with van der Waals surface area (Å²) in [5, 5.41) is 4.46. The number of hydrogen-bond donors (Lipinski definition) is 2. The zero-order valence-electron chi connectivity index (χ0n) is 16.1. The average molecular weight is 404 g/mol. The summed E-state index contributed by atoms with van der Waals surface area (Å²) < 4.78 is 5.28. The van der Waals surface area contributed by atoms with Gasteiger partial charge in [0, 0.05) is 30.2 Å². The number of nitrogens with one attached hydrogen (secondary N) is 1. The molecule has 1 saturated heterocycles. The molecule has 9 nitrogen and oxygen atoms in total. The van der Waals surface area contributed by atoms with Gasteiger partial charge in [-0.3, -0.25) is 14.6 Å². The van der Waals surface area contributed by atoms with Crippen molar-refractivity contribution in [3.63, 3.8) is 0 Å². The van der Waals surface area contributed by atoms with Gasteiger partial charge in [-0.05, 0) is 42.5 Å². The first-order chi connectivity index (χ1) is 14.7. The second kappa shape index (κ2) is 8.66. The van der Waals surface area contributed by atoms with Crippen LogP contribution in [0.15, 0.2) is 63.5 Å². The minimum atomic E-state index is -0.358. The largest absolute Gasteiger partial charge is 0.378 e. The Morgan fingerprint density at radius 3 is 2.70 bits per heavy atom. The summed E-state index contributed by atoms with van der Waals surface area (Å²) in [6.07, 6.45) is 3.02. The maximum Gasteiger partial charge on any atom is 0.259 e. The van der Waals surface area contributed by atoms with Crippen LogP contribution in [0, 0.1) is 0 Å². The molecule has 0 bridgehead atoms. The highest BCUT2D eigenvalue weighted by Crippen LogP contribution is 2.15. The van der Waals surface area contributed by atoms with Crippen molar-refractivity contribution >= 4 is 34.6 Å². The number of pyridine rings is 2. The zero-order chi connectivity index (χ0) is 20.9. The Morgan fingerprint density at radius 2 is 1.97 bits per heavy atom. The normalized spacial score (nSPS) is 15.1. The van der Waals surface area contributed by atoms with Gasteiger partial charge in [-0.25, -0.2) is 4.98 Å². The predicted molar refractivity (Wildman–Crippen MR) is 114 cm³/mol.